The van der Waals surface area contributed by atoms with Crippen molar-refractivity contribution in [3.63, 3.8) is 0 Å². The molecule has 96 valence electrons. The van der Waals surface area contributed by atoms with Crippen LogP contribution in [0.25, 0.3) is 0 Å². The van der Waals surface area contributed by atoms with Gasteiger partial charge in [-0.05, 0) is 37.8 Å². The van der Waals surface area contributed by atoms with Crippen LogP contribution >= 0.6 is 11.8 Å². The zero-order chi connectivity index (χ0) is 13.1. The fourth-order valence-electron chi connectivity index (χ4n) is 1.96. The molecule has 0 amide bonds. The number of nitrogens with zero attached hydrogens (tertiary/aromatic N) is 2. The third-order valence-electron chi connectivity index (χ3n) is 3.14. The van der Waals surface area contributed by atoms with Gasteiger partial charge in [0, 0.05) is 18.5 Å². The van der Waals surface area contributed by atoms with E-state index in [-0.39, 0.29) is 0 Å². The Morgan fingerprint density at radius 3 is 2.39 bits per heavy atom. The topological polar surface area (TPSA) is 29.9 Å². The molecule has 4 heteroatoms. The molecule has 0 spiro atoms. The third kappa shape index (κ3) is 2.70. The molecule has 0 atom stereocenters. The second kappa shape index (κ2) is 5.48. The molecule has 18 heavy (non-hydrogen) atoms. The van der Waals surface area contributed by atoms with E-state index in [9.17, 15) is 0 Å². The molecule has 0 aliphatic carbocycles. The zero-order valence-corrected chi connectivity index (χ0v) is 12.1. The van der Waals surface area contributed by atoms with Gasteiger partial charge in [0.1, 0.15) is 0 Å². The second-order valence-electron chi connectivity index (χ2n) is 4.37. The number of aromatic nitrogens is 2. The van der Waals surface area contributed by atoms with Crippen LogP contribution in [0.1, 0.15) is 17.0 Å². The highest BCUT2D eigenvalue weighted by atomic mass is 32.2. The number of aryl methyl sites for hydroxylation is 2. The Kier molecular flexibility index (Phi) is 3.97. The van der Waals surface area contributed by atoms with Gasteiger partial charge in [0.05, 0.1) is 17.1 Å². The summed E-state index contributed by atoms with van der Waals surface area (Å²) in [4.78, 5) is 1.30. The van der Waals surface area contributed by atoms with E-state index in [2.05, 4.69) is 47.9 Å². The lowest BCUT2D eigenvalue weighted by Gasteiger charge is -2.07. The number of anilines is 1. The van der Waals surface area contributed by atoms with Gasteiger partial charge in [-0.2, -0.15) is 5.10 Å². The molecule has 2 aromatic rings. The highest BCUT2D eigenvalue weighted by Gasteiger charge is 2.08. The Labute approximate surface area is 113 Å². The first-order chi connectivity index (χ1) is 8.61. The highest BCUT2D eigenvalue weighted by molar-refractivity contribution is 7.98. The fraction of sp³-hybridized carbons (Fsp3) is 0.357. The van der Waals surface area contributed by atoms with Crippen molar-refractivity contribution in [3.8, 4) is 0 Å². The van der Waals surface area contributed by atoms with Crippen molar-refractivity contribution >= 4 is 17.4 Å². The molecular weight excluding hydrogens is 242 g/mol. The lowest BCUT2D eigenvalue weighted by atomic mass is 10.2. The molecule has 0 aliphatic heterocycles. The standard InChI is InChI=1S/C14H19N3S/c1-10-14(11(2)17(3)16-10)15-9-12-5-7-13(18-4)8-6-12/h5-8,15H,9H2,1-4H3. The lowest BCUT2D eigenvalue weighted by molar-refractivity contribution is 0.731. The minimum absolute atomic E-state index is 0.835. The molecule has 1 aromatic heterocycles. The van der Waals surface area contributed by atoms with Gasteiger partial charge >= 0.3 is 0 Å². The molecule has 2 rings (SSSR count). The molecule has 0 unspecified atom stereocenters. The van der Waals surface area contributed by atoms with Crippen LogP contribution in [-0.4, -0.2) is 16.0 Å². The summed E-state index contributed by atoms with van der Waals surface area (Å²) in [5, 5.41) is 7.87. The van der Waals surface area contributed by atoms with E-state index in [4.69, 9.17) is 0 Å². The van der Waals surface area contributed by atoms with Crippen molar-refractivity contribution < 1.29 is 0 Å². The van der Waals surface area contributed by atoms with Crippen LogP contribution < -0.4 is 5.32 Å². The predicted molar refractivity (Wildman–Crippen MR) is 78.2 cm³/mol. The SMILES string of the molecule is CSc1ccc(CNc2c(C)nn(C)c2C)cc1. The fourth-order valence-corrected chi connectivity index (χ4v) is 2.37. The van der Waals surface area contributed by atoms with E-state index in [1.54, 1.807) is 11.8 Å². The summed E-state index contributed by atoms with van der Waals surface area (Å²) >= 11 is 1.77. The maximum atomic E-state index is 4.40. The Bertz CT molecular complexity index is 529. The maximum Gasteiger partial charge on any atom is 0.0827 e. The summed E-state index contributed by atoms with van der Waals surface area (Å²) in [5.74, 6) is 0. The van der Waals surface area contributed by atoms with Gasteiger partial charge < -0.3 is 5.32 Å². The van der Waals surface area contributed by atoms with E-state index in [1.165, 1.54) is 16.2 Å². The quantitative estimate of drug-likeness (QED) is 0.856. The van der Waals surface area contributed by atoms with Gasteiger partial charge in [0.25, 0.3) is 0 Å². The van der Waals surface area contributed by atoms with Gasteiger partial charge in [-0.1, -0.05) is 12.1 Å². The number of nitrogens with one attached hydrogen (secondary N) is 1. The second-order valence-corrected chi connectivity index (χ2v) is 5.25. The molecule has 0 aliphatic rings. The van der Waals surface area contributed by atoms with Gasteiger partial charge in [0.2, 0.25) is 0 Å². The van der Waals surface area contributed by atoms with E-state index >= 15 is 0 Å². The number of benzene rings is 1. The van der Waals surface area contributed by atoms with Crippen molar-refractivity contribution in [3.05, 3.63) is 41.2 Å². The van der Waals surface area contributed by atoms with Gasteiger partial charge in [-0.15, -0.1) is 11.8 Å². The number of rotatable bonds is 4. The summed E-state index contributed by atoms with van der Waals surface area (Å²) in [7, 11) is 1.97. The van der Waals surface area contributed by atoms with Crippen LogP contribution in [0.5, 0.6) is 0 Å². The normalized spacial score (nSPS) is 10.7. The van der Waals surface area contributed by atoms with Crippen LogP contribution in [0, 0.1) is 13.8 Å². The van der Waals surface area contributed by atoms with Crippen LogP contribution in [0.3, 0.4) is 0 Å². The van der Waals surface area contributed by atoms with Crippen LogP contribution in [0.15, 0.2) is 29.2 Å². The summed E-state index contributed by atoms with van der Waals surface area (Å²) in [6.07, 6.45) is 2.09. The molecular formula is C14H19N3S. The van der Waals surface area contributed by atoms with Crippen LogP contribution in [-0.2, 0) is 13.6 Å². The largest absolute Gasteiger partial charge is 0.378 e. The smallest absolute Gasteiger partial charge is 0.0827 e. The highest BCUT2D eigenvalue weighted by Crippen LogP contribution is 2.20. The number of hydrogen-bond donors (Lipinski definition) is 1. The third-order valence-corrected chi connectivity index (χ3v) is 3.88. The van der Waals surface area contributed by atoms with Crippen molar-refractivity contribution in [2.24, 2.45) is 7.05 Å². The molecule has 3 nitrogen and oxygen atoms in total. The van der Waals surface area contributed by atoms with Crippen molar-refractivity contribution in [2.75, 3.05) is 11.6 Å². The van der Waals surface area contributed by atoms with Gasteiger partial charge in [-0.3, -0.25) is 4.68 Å². The Morgan fingerprint density at radius 1 is 1.22 bits per heavy atom. The van der Waals surface area contributed by atoms with Crippen molar-refractivity contribution in [2.45, 2.75) is 25.3 Å². The molecule has 0 bridgehead atoms. The molecule has 1 heterocycles. The number of thioether (sulfide) groups is 1. The Morgan fingerprint density at radius 2 is 1.89 bits per heavy atom. The monoisotopic (exact) mass is 261 g/mol. The summed E-state index contributed by atoms with van der Waals surface area (Å²) in [6, 6.07) is 8.65. The molecule has 0 saturated carbocycles. The Hall–Kier alpha value is -1.42. The minimum atomic E-state index is 0.835. The zero-order valence-electron chi connectivity index (χ0n) is 11.3. The molecule has 0 saturated heterocycles. The average molecular weight is 261 g/mol. The van der Waals surface area contributed by atoms with E-state index in [0.29, 0.717) is 0 Å². The average Bonchev–Trinajstić information content (AvgIpc) is 2.62. The first-order valence-electron chi connectivity index (χ1n) is 5.99. The van der Waals surface area contributed by atoms with E-state index in [0.717, 1.165) is 17.9 Å². The predicted octanol–water partition coefficient (Wildman–Crippen LogP) is 3.37. The van der Waals surface area contributed by atoms with Gasteiger partial charge in [-0.25, -0.2) is 0 Å². The molecule has 0 fully saturated rings. The van der Waals surface area contributed by atoms with Crippen molar-refractivity contribution in [1.82, 2.24) is 9.78 Å². The maximum absolute atomic E-state index is 4.40. The van der Waals surface area contributed by atoms with Crippen LogP contribution in [0.2, 0.25) is 0 Å². The minimum Gasteiger partial charge on any atom is -0.378 e. The van der Waals surface area contributed by atoms with Crippen molar-refractivity contribution in [1.29, 1.82) is 0 Å². The molecule has 0 radical (unpaired) electrons. The first-order valence-corrected chi connectivity index (χ1v) is 7.21. The Balaban J connectivity index is 2.06. The summed E-state index contributed by atoms with van der Waals surface area (Å²) in [6.45, 7) is 4.95. The lowest BCUT2D eigenvalue weighted by Crippen LogP contribution is -2.01. The summed E-state index contributed by atoms with van der Waals surface area (Å²) in [5.41, 5.74) is 4.66. The van der Waals surface area contributed by atoms with Gasteiger partial charge in [0.15, 0.2) is 0 Å². The molecule has 1 aromatic carbocycles. The molecule has 1 N–H and O–H groups in total. The van der Waals surface area contributed by atoms with E-state index in [1.807, 2.05) is 18.7 Å². The van der Waals surface area contributed by atoms with Crippen LogP contribution in [0.4, 0.5) is 5.69 Å². The van der Waals surface area contributed by atoms with E-state index < -0.39 is 0 Å². The number of hydrogen-bond acceptors (Lipinski definition) is 3. The first kappa shape index (κ1) is 13.0. The summed E-state index contributed by atoms with van der Waals surface area (Å²) < 4.78 is 1.91.